The molecule has 2 N–H and O–H groups in total. The summed E-state index contributed by atoms with van der Waals surface area (Å²) in [6.45, 7) is 6.95. The second-order valence-electron chi connectivity index (χ2n) is 7.54. The fourth-order valence-electron chi connectivity index (χ4n) is 3.56. The third-order valence-electron chi connectivity index (χ3n) is 5.31. The van der Waals surface area contributed by atoms with Gasteiger partial charge >= 0.3 is 6.03 Å². The van der Waals surface area contributed by atoms with Crippen molar-refractivity contribution in [2.24, 2.45) is 0 Å². The topological polar surface area (TPSA) is 92.3 Å². The number of nitrogens with zero attached hydrogens (tertiary/aromatic N) is 4. The van der Waals surface area contributed by atoms with Crippen LogP contribution in [0.25, 0.3) is 11.4 Å². The lowest BCUT2D eigenvalue weighted by Gasteiger charge is -2.29. The summed E-state index contributed by atoms with van der Waals surface area (Å²) in [6.07, 6.45) is 2.36. The van der Waals surface area contributed by atoms with Crippen LogP contribution in [0.2, 0.25) is 0 Å². The predicted octanol–water partition coefficient (Wildman–Crippen LogP) is 4.17. The van der Waals surface area contributed by atoms with Crippen molar-refractivity contribution >= 4 is 23.4 Å². The molecule has 1 fully saturated rings. The second kappa shape index (κ2) is 9.86. The van der Waals surface area contributed by atoms with Crippen LogP contribution < -0.4 is 15.5 Å². The van der Waals surface area contributed by atoms with Gasteiger partial charge in [-0.25, -0.2) is 28.5 Å². The molecule has 172 valence electrons. The lowest BCUT2D eigenvalue weighted by Crippen LogP contribution is -2.37. The fraction of sp³-hybridized carbons (Fsp3) is 0.304. The largest absolute Gasteiger partial charge is 0.378 e. The van der Waals surface area contributed by atoms with Crippen LogP contribution in [-0.2, 0) is 11.2 Å². The minimum Gasteiger partial charge on any atom is -0.378 e. The summed E-state index contributed by atoms with van der Waals surface area (Å²) in [6, 6.07) is 5.88. The SMILES string of the molecule is CCc1nc(-c2ccc(NC(=O)Nc3ccc(F)c(F)c3)nc2)nc(N2CCOCC2)c1C. The van der Waals surface area contributed by atoms with Crippen molar-refractivity contribution in [3.8, 4) is 11.4 Å². The second-order valence-corrected chi connectivity index (χ2v) is 7.54. The molecule has 1 aliphatic heterocycles. The average Bonchev–Trinajstić information content (AvgIpc) is 2.82. The molecule has 4 rings (SSSR count). The maximum atomic E-state index is 13.3. The number of anilines is 3. The van der Waals surface area contributed by atoms with Gasteiger partial charge in [0.15, 0.2) is 17.5 Å². The van der Waals surface area contributed by atoms with E-state index in [9.17, 15) is 13.6 Å². The Labute approximate surface area is 190 Å². The summed E-state index contributed by atoms with van der Waals surface area (Å²) in [5.41, 5.74) is 2.86. The van der Waals surface area contributed by atoms with Crippen molar-refractivity contribution in [1.82, 2.24) is 15.0 Å². The first kappa shape index (κ1) is 22.5. The van der Waals surface area contributed by atoms with E-state index < -0.39 is 17.7 Å². The van der Waals surface area contributed by atoms with E-state index in [1.807, 2.05) is 6.92 Å². The Morgan fingerprint density at radius 1 is 1.09 bits per heavy atom. The monoisotopic (exact) mass is 454 g/mol. The van der Waals surface area contributed by atoms with Gasteiger partial charge in [0.2, 0.25) is 0 Å². The minimum absolute atomic E-state index is 0.124. The quantitative estimate of drug-likeness (QED) is 0.601. The van der Waals surface area contributed by atoms with Crippen LogP contribution in [0.1, 0.15) is 18.2 Å². The van der Waals surface area contributed by atoms with E-state index in [0.717, 1.165) is 48.7 Å². The zero-order chi connectivity index (χ0) is 23.4. The first-order chi connectivity index (χ1) is 15.9. The number of hydrogen-bond donors (Lipinski definition) is 2. The van der Waals surface area contributed by atoms with Crippen LogP contribution in [-0.4, -0.2) is 47.3 Å². The maximum absolute atomic E-state index is 13.3. The highest BCUT2D eigenvalue weighted by Crippen LogP contribution is 2.26. The number of carbonyl (C=O) groups excluding carboxylic acids is 1. The third kappa shape index (κ3) is 5.23. The highest BCUT2D eigenvalue weighted by atomic mass is 19.2. The van der Waals surface area contributed by atoms with E-state index in [2.05, 4.69) is 27.4 Å². The van der Waals surface area contributed by atoms with Crippen molar-refractivity contribution in [2.75, 3.05) is 41.8 Å². The number of aromatic nitrogens is 3. The lowest BCUT2D eigenvalue weighted by molar-refractivity contribution is 0.122. The van der Waals surface area contributed by atoms with Gasteiger partial charge in [0.1, 0.15) is 11.6 Å². The number of nitrogens with one attached hydrogen (secondary N) is 2. The van der Waals surface area contributed by atoms with E-state index in [4.69, 9.17) is 14.7 Å². The van der Waals surface area contributed by atoms with Crippen LogP contribution in [0.15, 0.2) is 36.5 Å². The number of rotatable bonds is 5. The van der Waals surface area contributed by atoms with Crippen LogP contribution >= 0.6 is 0 Å². The van der Waals surface area contributed by atoms with Gasteiger partial charge in [0.05, 0.1) is 13.2 Å². The normalized spacial score (nSPS) is 13.6. The Morgan fingerprint density at radius 2 is 1.88 bits per heavy atom. The molecule has 3 heterocycles. The Bertz CT molecular complexity index is 1150. The molecule has 0 radical (unpaired) electrons. The molecule has 2 aromatic heterocycles. The average molecular weight is 454 g/mol. The van der Waals surface area contributed by atoms with Gasteiger partial charge in [-0.3, -0.25) is 5.32 Å². The molecular weight excluding hydrogens is 430 g/mol. The molecule has 2 amide bonds. The van der Waals surface area contributed by atoms with Crippen LogP contribution in [0.5, 0.6) is 0 Å². The van der Waals surface area contributed by atoms with Crippen LogP contribution in [0.4, 0.5) is 30.9 Å². The summed E-state index contributed by atoms with van der Waals surface area (Å²) in [4.78, 5) is 28.1. The van der Waals surface area contributed by atoms with Crippen LogP contribution in [0.3, 0.4) is 0 Å². The van der Waals surface area contributed by atoms with Gasteiger partial charge in [0, 0.05) is 47.9 Å². The van der Waals surface area contributed by atoms with E-state index in [-0.39, 0.29) is 11.5 Å². The van der Waals surface area contributed by atoms with Crippen molar-refractivity contribution in [2.45, 2.75) is 20.3 Å². The maximum Gasteiger partial charge on any atom is 0.324 e. The van der Waals surface area contributed by atoms with E-state index in [1.165, 1.54) is 6.07 Å². The summed E-state index contributed by atoms with van der Waals surface area (Å²) < 4.78 is 31.8. The number of halogens is 2. The number of benzene rings is 1. The Kier molecular flexibility index (Phi) is 6.74. The predicted molar refractivity (Wildman–Crippen MR) is 121 cm³/mol. The van der Waals surface area contributed by atoms with E-state index in [1.54, 1.807) is 18.3 Å². The summed E-state index contributed by atoms with van der Waals surface area (Å²) in [5.74, 6) is -0.289. The number of pyridine rings is 1. The molecule has 0 saturated carbocycles. The molecule has 1 aliphatic rings. The molecule has 8 nitrogen and oxygen atoms in total. The lowest BCUT2D eigenvalue weighted by atomic mass is 10.1. The standard InChI is InChI=1S/C23H24F2N6O2/c1-3-19-14(2)22(31-8-10-33-11-9-31)30-21(28-19)15-4-7-20(26-13-15)29-23(32)27-16-5-6-17(24)18(25)12-16/h4-7,12-13H,3,8-11H2,1-2H3,(H2,26,27,29,32). The number of urea groups is 1. The van der Waals surface area contributed by atoms with Crippen molar-refractivity contribution in [3.63, 3.8) is 0 Å². The Balaban J connectivity index is 1.50. The molecule has 1 saturated heterocycles. The number of amides is 2. The van der Waals surface area contributed by atoms with Gasteiger partial charge in [-0.05, 0) is 37.6 Å². The van der Waals surface area contributed by atoms with Gasteiger partial charge in [-0.1, -0.05) is 6.92 Å². The van der Waals surface area contributed by atoms with Gasteiger partial charge in [-0.15, -0.1) is 0 Å². The Hall–Kier alpha value is -3.66. The molecule has 1 aromatic carbocycles. The molecule has 0 bridgehead atoms. The molecule has 3 aromatic rings. The van der Waals surface area contributed by atoms with Crippen LogP contribution in [0, 0.1) is 18.6 Å². The molecule has 0 aliphatic carbocycles. The van der Waals surface area contributed by atoms with Crippen molar-refractivity contribution < 1.29 is 18.3 Å². The first-order valence-electron chi connectivity index (χ1n) is 10.6. The fourth-order valence-corrected chi connectivity index (χ4v) is 3.56. The van der Waals surface area contributed by atoms with Crippen molar-refractivity contribution in [3.05, 3.63) is 59.4 Å². The summed E-state index contributed by atoms with van der Waals surface area (Å²) >= 11 is 0. The van der Waals surface area contributed by atoms with E-state index in [0.29, 0.717) is 24.6 Å². The number of morpholine rings is 1. The van der Waals surface area contributed by atoms with Gasteiger partial charge in [0.25, 0.3) is 0 Å². The number of ether oxygens (including phenoxy) is 1. The summed E-state index contributed by atoms with van der Waals surface area (Å²) in [7, 11) is 0. The molecule has 0 atom stereocenters. The molecule has 33 heavy (non-hydrogen) atoms. The number of carbonyl (C=O) groups is 1. The third-order valence-corrected chi connectivity index (χ3v) is 5.31. The first-order valence-corrected chi connectivity index (χ1v) is 10.6. The highest BCUT2D eigenvalue weighted by Gasteiger charge is 2.19. The molecule has 10 heteroatoms. The molecular formula is C23H24F2N6O2. The molecule has 0 spiro atoms. The summed E-state index contributed by atoms with van der Waals surface area (Å²) in [5, 5.41) is 4.99. The zero-order valence-electron chi connectivity index (χ0n) is 18.4. The van der Waals surface area contributed by atoms with E-state index >= 15 is 0 Å². The zero-order valence-corrected chi connectivity index (χ0v) is 18.4. The van der Waals surface area contributed by atoms with Crippen molar-refractivity contribution in [1.29, 1.82) is 0 Å². The molecule has 0 unspecified atom stereocenters. The smallest absolute Gasteiger partial charge is 0.324 e. The highest BCUT2D eigenvalue weighted by molar-refractivity contribution is 5.99. The number of aryl methyl sites for hydroxylation is 1. The minimum atomic E-state index is -1.05. The Morgan fingerprint density at radius 3 is 2.55 bits per heavy atom. The number of hydrogen-bond acceptors (Lipinski definition) is 6. The van der Waals surface area contributed by atoms with Gasteiger partial charge < -0.3 is 15.0 Å². The van der Waals surface area contributed by atoms with Gasteiger partial charge in [-0.2, -0.15) is 0 Å².